The van der Waals surface area contributed by atoms with E-state index in [9.17, 15) is 9.59 Å². The van der Waals surface area contributed by atoms with Gasteiger partial charge in [-0.25, -0.2) is 4.98 Å². The summed E-state index contributed by atoms with van der Waals surface area (Å²) in [6, 6.07) is 6.55. The summed E-state index contributed by atoms with van der Waals surface area (Å²) in [6.07, 6.45) is 3.11. The Labute approximate surface area is 116 Å². The summed E-state index contributed by atoms with van der Waals surface area (Å²) in [7, 11) is 3.80. The third-order valence-corrected chi connectivity index (χ3v) is 2.78. The molecule has 0 aromatic carbocycles. The number of hydrogen-bond donors (Lipinski definition) is 2. The van der Waals surface area contributed by atoms with Crippen molar-refractivity contribution >= 4 is 11.7 Å². The first-order valence-electron chi connectivity index (χ1n) is 6.16. The second kappa shape index (κ2) is 6.01. The molecular weight excluding hydrogens is 256 g/mol. The Kier molecular flexibility index (Phi) is 4.14. The second-order valence-corrected chi connectivity index (χ2v) is 4.50. The molecule has 104 valence electrons. The van der Waals surface area contributed by atoms with Crippen LogP contribution in [0.3, 0.4) is 0 Å². The summed E-state index contributed by atoms with van der Waals surface area (Å²) < 4.78 is 0. The van der Waals surface area contributed by atoms with Crippen molar-refractivity contribution < 1.29 is 4.79 Å². The van der Waals surface area contributed by atoms with Crippen molar-refractivity contribution in [2.45, 2.75) is 6.54 Å². The van der Waals surface area contributed by atoms with E-state index >= 15 is 0 Å². The molecule has 0 bridgehead atoms. The summed E-state index contributed by atoms with van der Waals surface area (Å²) in [6.45, 7) is 0.374. The predicted octanol–water partition coefficient (Wildman–Crippen LogP) is 0.766. The van der Waals surface area contributed by atoms with Crippen LogP contribution in [0.15, 0.2) is 41.5 Å². The minimum atomic E-state index is -0.241. The van der Waals surface area contributed by atoms with E-state index in [1.165, 1.54) is 18.3 Å². The first kappa shape index (κ1) is 13.8. The van der Waals surface area contributed by atoms with Crippen LogP contribution >= 0.6 is 0 Å². The summed E-state index contributed by atoms with van der Waals surface area (Å²) in [5.74, 6) is 0.573. The molecule has 2 heterocycles. The number of amides is 1. The molecule has 2 N–H and O–H groups in total. The van der Waals surface area contributed by atoms with E-state index in [1.807, 2.05) is 31.1 Å². The summed E-state index contributed by atoms with van der Waals surface area (Å²) in [5, 5.41) is 2.80. The Morgan fingerprint density at radius 3 is 2.80 bits per heavy atom. The van der Waals surface area contributed by atoms with Gasteiger partial charge in [-0.05, 0) is 12.1 Å². The van der Waals surface area contributed by atoms with Crippen LogP contribution in [0.5, 0.6) is 0 Å². The Morgan fingerprint density at radius 1 is 1.35 bits per heavy atom. The fourth-order valence-electron chi connectivity index (χ4n) is 1.80. The highest BCUT2D eigenvalue weighted by Crippen LogP contribution is 2.13. The maximum absolute atomic E-state index is 11.9. The first-order valence-corrected chi connectivity index (χ1v) is 6.16. The SMILES string of the molecule is CN(C)c1ncccc1CNC(=O)c1ccc(=O)[nH]c1. The van der Waals surface area contributed by atoms with Gasteiger partial charge in [0.25, 0.3) is 5.91 Å². The average Bonchev–Trinajstić information content (AvgIpc) is 2.45. The lowest BCUT2D eigenvalue weighted by molar-refractivity contribution is 0.0950. The first-order chi connectivity index (χ1) is 9.58. The highest BCUT2D eigenvalue weighted by molar-refractivity contribution is 5.93. The molecular formula is C14H16N4O2. The van der Waals surface area contributed by atoms with Crippen molar-refractivity contribution in [2.75, 3.05) is 19.0 Å². The molecule has 20 heavy (non-hydrogen) atoms. The molecule has 2 rings (SSSR count). The topological polar surface area (TPSA) is 78.1 Å². The van der Waals surface area contributed by atoms with Crippen LogP contribution in [0.25, 0.3) is 0 Å². The van der Waals surface area contributed by atoms with Crippen LogP contribution in [0.4, 0.5) is 5.82 Å². The fraction of sp³-hybridized carbons (Fsp3) is 0.214. The molecule has 0 fully saturated rings. The van der Waals surface area contributed by atoms with E-state index in [1.54, 1.807) is 6.20 Å². The van der Waals surface area contributed by atoms with Gasteiger partial charge in [0.15, 0.2) is 0 Å². The number of anilines is 1. The number of nitrogens with zero attached hydrogens (tertiary/aromatic N) is 2. The molecule has 0 unspecified atom stereocenters. The lowest BCUT2D eigenvalue weighted by Crippen LogP contribution is -2.25. The largest absolute Gasteiger partial charge is 0.362 e. The third-order valence-electron chi connectivity index (χ3n) is 2.78. The van der Waals surface area contributed by atoms with Gasteiger partial charge in [0, 0.05) is 44.7 Å². The van der Waals surface area contributed by atoms with E-state index in [-0.39, 0.29) is 11.5 Å². The van der Waals surface area contributed by atoms with Crippen molar-refractivity contribution in [2.24, 2.45) is 0 Å². The maximum Gasteiger partial charge on any atom is 0.253 e. The number of rotatable bonds is 4. The maximum atomic E-state index is 11.9. The van der Waals surface area contributed by atoms with Crippen LogP contribution in [0.2, 0.25) is 0 Å². The van der Waals surface area contributed by atoms with Crippen LogP contribution < -0.4 is 15.8 Å². The number of aromatic nitrogens is 2. The smallest absolute Gasteiger partial charge is 0.253 e. The van der Waals surface area contributed by atoms with Gasteiger partial charge >= 0.3 is 0 Å². The normalized spacial score (nSPS) is 10.1. The number of H-pyrrole nitrogens is 1. The number of aromatic amines is 1. The van der Waals surface area contributed by atoms with E-state index in [0.717, 1.165) is 11.4 Å². The molecule has 2 aromatic heterocycles. The number of carbonyl (C=O) groups excluding carboxylic acids is 1. The molecule has 0 saturated carbocycles. The molecule has 0 aliphatic carbocycles. The zero-order valence-corrected chi connectivity index (χ0v) is 11.4. The van der Waals surface area contributed by atoms with Gasteiger partial charge in [-0.2, -0.15) is 0 Å². The van der Waals surface area contributed by atoms with Gasteiger partial charge in [-0.15, -0.1) is 0 Å². The van der Waals surface area contributed by atoms with Gasteiger partial charge in [-0.3, -0.25) is 9.59 Å². The molecule has 0 atom stereocenters. The van der Waals surface area contributed by atoms with Gasteiger partial charge in [0.2, 0.25) is 5.56 Å². The molecule has 0 aliphatic heterocycles. The third kappa shape index (κ3) is 3.23. The Balaban J connectivity index is 2.07. The molecule has 6 heteroatoms. The van der Waals surface area contributed by atoms with Gasteiger partial charge in [0.1, 0.15) is 5.82 Å². The lowest BCUT2D eigenvalue weighted by atomic mass is 10.2. The molecule has 0 radical (unpaired) electrons. The number of pyridine rings is 2. The average molecular weight is 272 g/mol. The molecule has 0 aliphatic rings. The monoisotopic (exact) mass is 272 g/mol. The highest BCUT2D eigenvalue weighted by Gasteiger charge is 2.08. The zero-order chi connectivity index (χ0) is 14.5. The van der Waals surface area contributed by atoms with Crippen LogP contribution in [0, 0.1) is 0 Å². The van der Waals surface area contributed by atoms with Crippen LogP contribution in [0.1, 0.15) is 15.9 Å². The van der Waals surface area contributed by atoms with Gasteiger partial charge in [-0.1, -0.05) is 6.07 Å². The number of hydrogen-bond acceptors (Lipinski definition) is 4. The minimum absolute atomic E-state index is 0.233. The fourth-order valence-corrected chi connectivity index (χ4v) is 1.80. The van der Waals surface area contributed by atoms with Gasteiger partial charge < -0.3 is 15.2 Å². The van der Waals surface area contributed by atoms with E-state index in [4.69, 9.17) is 0 Å². The van der Waals surface area contributed by atoms with Crippen LogP contribution in [-0.2, 0) is 6.54 Å². The quantitative estimate of drug-likeness (QED) is 0.861. The number of nitrogens with one attached hydrogen (secondary N) is 2. The van der Waals surface area contributed by atoms with Crippen LogP contribution in [-0.4, -0.2) is 30.0 Å². The lowest BCUT2D eigenvalue weighted by Gasteiger charge is -2.16. The zero-order valence-electron chi connectivity index (χ0n) is 11.4. The minimum Gasteiger partial charge on any atom is -0.362 e. The summed E-state index contributed by atoms with van der Waals surface area (Å²) >= 11 is 0. The Morgan fingerprint density at radius 2 is 2.15 bits per heavy atom. The molecule has 0 spiro atoms. The van der Waals surface area contributed by atoms with Crippen molar-refractivity contribution in [1.29, 1.82) is 0 Å². The molecule has 0 saturated heterocycles. The van der Waals surface area contributed by atoms with Crippen molar-refractivity contribution in [3.63, 3.8) is 0 Å². The van der Waals surface area contributed by atoms with Crippen molar-refractivity contribution in [1.82, 2.24) is 15.3 Å². The molecule has 1 amide bonds. The van der Waals surface area contributed by atoms with E-state index in [0.29, 0.717) is 12.1 Å². The van der Waals surface area contributed by atoms with Crippen molar-refractivity contribution in [3.05, 3.63) is 58.1 Å². The van der Waals surface area contributed by atoms with Crippen molar-refractivity contribution in [3.8, 4) is 0 Å². The predicted molar refractivity (Wildman–Crippen MR) is 76.8 cm³/mol. The second-order valence-electron chi connectivity index (χ2n) is 4.50. The highest BCUT2D eigenvalue weighted by atomic mass is 16.1. The summed E-state index contributed by atoms with van der Waals surface area (Å²) in [4.78, 5) is 31.5. The summed E-state index contributed by atoms with van der Waals surface area (Å²) in [5.41, 5.74) is 1.11. The van der Waals surface area contributed by atoms with E-state index < -0.39 is 0 Å². The molecule has 6 nitrogen and oxygen atoms in total. The Bertz CT molecular complexity index is 644. The number of carbonyl (C=O) groups is 1. The van der Waals surface area contributed by atoms with Gasteiger partial charge in [0.05, 0.1) is 5.56 Å². The molecule has 2 aromatic rings. The van der Waals surface area contributed by atoms with E-state index in [2.05, 4.69) is 15.3 Å². The standard InChI is InChI=1S/C14H16N4O2/c1-18(2)13-10(4-3-7-15-13)8-17-14(20)11-5-6-12(19)16-9-11/h3-7,9H,8H2,1-2H3,(H,16,19)(H,17,20). The Hall–Kier alpha value is -2.63.